The molecule has 2 aromatic heterocycles. The lowest BCUT2D eigenvalue weighted by Crippen LogP contribution is -2.14. The molecule has 2 N–H and O–H groups in total. The van der Waals surface area contributed by atoms with E-state index in [9.17, 15) is 9.59 Å². The lowest BCUT2D eigenvalue weighted by atomic mass is 9.97. The number of carbonyl (C=O) groups excluding carboxylic acids is 2. The fraction of sp³-hybridized carbons (Fsp3) is 0.174. The first kappa shape index (κ1) is 21.1. The molecule has 2 heterocycles. The van der Waals surface area contributed by atoms with Crippen molar-refractivity contribution in [2.75, 3.05) is 10.6 Å². The zero-order chi connectivity index (χ0) is 22.2. The van der Waals surface area contributed by atoms with Crippen LogP contribution in [0.15, 0.2) is 58.3 Å². The van der Waals surface area contributed by atoms with Crippen molar-refractivity contribution in [3.8, 4) is 0 Å². The smallest absolute Gasteiger partial charge is 0.265 e. The maximum Gasteiger partial charge on any atom is 0.265 e. The van der Waals surface area contributed by atoms with Gasteiger partial charge in [-0.3, -0.25) is 9.59 Å². The van der Waals surface area contributed by atoms with Gasteiger partial charge in [-0.25, -0.2) is 4.98 Å². The molecule has 8 heteroatoms. The number of anilines is 2. The number of fused-ring (bicyclic) bond motifs is 1. The summed E-state index contributed by atoms with van der Waals surface area (Å²) < 4.78 is 5.80. The summed E-state index contributed by atoms with van der Waals surface area (Å²) in [5.74, 6) is 0.0255. The summed E-state index contributed by atoms with van der Waals surface area (Å²) in [6.07, 6.45) is 0. The lowest BCUT2D eigenvalue weighted by Gasteiger charge is -2.11. The Morgan fingerprint density at radius 1 is 1.03 bits per heavy atom. The third kappa shape index (κ3) is 4.62. The summed E-state index contributed by atoms with van der Waals surface area (Å²) in [6.45, 7) is 6.07. The van der Waals surface area contributed by atoms with E-state index in [4.69, 9.17) is 16.0 Å². The molecule has 0 aliphatic heterocycles. The van der Waals surface area contributed by atoms with Gasteiger partial charge in [-0.1, -0.05) is 38.4 Å². The molecule has 0 fully saturated rings. The average Bonchev–Trinajstić information content (AvgIpc) is 3.38. The molecular formula is C23H20ClN3O3S. The van der Waals surface area contributed by atoms with Crippen molar-refractivity contribution >= 4 is 57.2 Å². The van der Waals surface area contributed by atoms with E-state index < -0.39 is 0 Å². The van der Waals surface area contributed by atoms with Gasteiger partial charge in [0.2, 0.25) is 5.89 Å². The van der Waals surface area contributed by atoms with E-state index in [0.29, 0.717) is 43.8 Å². The standard InChI is InChI=1S/C23H20ClN3O3S/c1-23(2,3)22-27-17-12-14(7-9-18(17)30-22)25-20(28)13-6-8-15(24)16(11-13)26-21(29)19-5-4-10-31-19/h4-12H,1-3H3,(H,25,28)(H,26,29). The molecule has 0 radical (unpaired) electrons. The fourth-order valence-corrected chi connectivity index (χ4v) is 3.67. The molecule has 2 aromatic carbocycles. The minimum atomic E-state index is -0.331. The lowest BCUT2D eigenvalue weighted by molar-refractivity contribution is 0.101. The highest BCUT2D eigenvalue weighted by Gasteiger charge is 2.21. The minimum Gasteiger partial charge on any atom is -0.440 e. The highest BCUT2D eigenvalue weighted by Crippen LogP contribution is 2.28. The monoisotopic (exact) mass is 453 g/mol. The summed E-state index contributed by atoms with van der Waals surface area (Å²) in [4.78, 5) is 30.2. The molecule has 2 amide bonds. The molecule has 0 saturated heterocycles. The third-order valence-corrected chi connectivity index (χ3v) is 5.71. The maximum absolute atomic E-state index is 12.8. The fourth-order valence-electron chi connectivity index (χ4n) is 2.88. The van der Waals surface area contributed by atoms with Crippen LogP contribution in [-0.4, -0.2) is 16.8 Å². The summed E-state index contributed by atoms with van der Waals surface area (Å²) in [5, 5.41) is 7.76. The molecule has 4 rings (SSSR count). The summed E-state index contributed by atoms with van der Waals surface area (Å²) in [5.41, 5.74) is 2.44. The molecule has 0 aliphatic rings. The zero-order valence-corrected chi connectivity index (χ0v) is 18.7. The van der Waals surface area contributed by atoms with Crippen LogP contribution in [0.4, 0.5) is 11.4 Å². The van der Waals surface area contributed by atoms with Crippen molar-refractivity contribution in [3.63, 3.8) is 0 Å². The number of benzene rings is 2. The van der Waals surface area contributed by atoms with Crippen molar-refractivity contribution in [1.29, 1.82) is 0 Å². The number of hydrogen-bond acceptors (Lipinski definition) is 5. The van der Waals surface area contributed by atoms with Gasteiger partial charge in [-0.2, -0.15) is 0 Å². The molecule has 0 saturated carbocycles. The molecule has 0 aliphatic carbocycles. The SMILES string of the molecule is CC(C)(C)c1nc2cc(NC(=O)c3ccc(Cl)c(NC(=O)c4cccs4)c3)ccc2o1. The van der Waals surface area contributed by atoms with Gasteiger partial charge in [0, 0.05) is 16.7 Å². The summed E-state index contributed by atoms with van der Waals surface area (Å²) >= 11 is 7.53. The van der Waals surface area contributed by atoms with Gasteiger partial charge in [0.25, 0.3) is 11.8 Å². The molecule has 6 nitrogen and oxygen atoms in total. The average molecular weight is 454 g/mol. The Labute approximate surface area is 188 Å². The van der Waals surface area contributed by atoms with Crippen molar-refractivity contribution in [3.05, 3.63) is 75.3 Å². The Hall–Kier alpha value is -3.16. The van der Waals surface area contributed by atoms with Gasteiger partial charge in [0.1, 0.15) is 5.52 Å². The number of carbonyl (C=O) groups is 2. The van der Waals surface area contributed by atoms with Crippen LogP contribution in [0, 0.1) is 0 Å². The van der Waals surface area contributed by atoms with E-state index in [2.05, 4.69) is 15.6 Å². The number of rotatable bonds is 4. The molecule has 4 aromatic rings. The number of halogens is 1. The predicted octanol–water partition coefficient (Wildman–Crippen LogP) is 6.34. The number of nitrogens with zero attached hydrogens (tertiary/aromatic N) is 1. The summed E-state index contributed by atoms with van der Waals surface area (Å²) in [6, 6.07) is 13.5. The molecule has 31 heavy (non-hydrogen) atoms. The van der Waals surface area contributed by atoms with E-state index in [1.54, 1.807) is 48.5 Å². The van der Waals surface area contributed by atoms with Crippen molar-refractivity contribution < 1.29 is 14.0 Å². The van der Waals surface area contributed by atoms with E-state index in [-0.39, 0.29) is 17.2 Å². The Morgan fingerprint density at radius 3 is 2.55 bits per heavy atom. The van der Waals surface area contributed by atoms with Crippen LogP contribution in [0.1, 0.15) is 46.7 Å². The Kier molecular flexibility index (Phi) is 5.56. The van der Waals surface area contributed by atoms with Crippen LogP contribution in [0.2, 0.25) is 5.02 Å². The maximum atomic E-state index is 12.8. The second-order valence-electron chi connectivity index (χ2n) is 8.03. The molecule has 158 valence electrons. The van der Waals surface area contributed by atoms with Crippen molar-refractivity contribution in [2.24, 2.45) is 0 Å². The predicted molar refractivity (Wildman–Crippen MR) is 124 cm³/mol. The van der Waals surface area contributed by atoms with E-state index >= 15 is 0 Å². The first-order valence-electron chi connectivity index (χ1n) is 9.57. The van der Waals surface area contributed by atoms with Crippen LogP contribution in [0.3, 0.4) is 0 Å². The molecule has 0 spiro atoms. The highest BCUT2D eigenvalue weighted by atomic mass is 35.5. The van der Waals surface area contributed by atoms with Crippen LogP contribution >= 0.6 is 22.9 Å². The van der Waals surface area contributed by atoms with Gasteiger partial charge in [0.05, 0.1) is 15.6 Å². The Morgan fingerprint density at radius 2 is 1.84 bits per heavy atom. The molecule has 0 bridgehead atoms. The first-order valence-corrected chi connectivity index (χ1v) is 10.8. The van der Waals surface area contributed by atoms with Crippen LogP contribution < -0.4 is 10.6 Å². The highest BCUT2D eigenvalue weighted by molar-refractivity contribution is 7.12. The van der Waals surface area contributed by atoms with Gasteiger partial charge in [0.15, 0.2) is 5.58 Å². The zero-order valence-electron chi connectivity index (χ0n) is 17.2. The van der Waals surface area contributed by atoms with Crippen LogP contribution in [0.5, 0.6) is 0 Å². The molecule has 0 atom stereocenters. The number of nitrogens with one attached hydrogen (secondary N) is 2. The quantitative estimate of drug-likeness (QED) is 0.377. The second kappa shape index (κ2) is 8.17. The number of hydrogen-bond donors (Lipinski definition) is 2. The van der Waals surface area contributed by atoms with E-state index in [1.807, 2.05) is 26.2 Å². The third-order valence-electron chi connectivity index (χ3n) is 4.51. The van der Waals surface area contributed by atoms with Crippen LogP contribution in [-0.2, 0) is 5.41 Å². The summed E-state index contributed by atoms with van der Waals surface area (Å²) in [7, 11) is 0. The molecule has 0 unspecified atom stereocenters. The number of thiophene rings is 1. The first-order chi connectivity index (χ1) is 14.7. The van der Waals surface area contributed by atoms with E-state index in [1.165, 1.54) is 11.3 Å². The van der Waals surface area contributed by atoms with Gasteiger partial charge in [-0.05, 0) is 47.8 Å². The second-order valence-corrected chi connectivity index (χ2v) is 9.39. The largest absolute Gasteiger partial charge is 0.440 e. The van der Waals surface area contributed by atoms with Crippen molar-refractivity contribution in [2.45, 2.75) is 26.2 Å². The Balaban J connectivity index is 1.53. The van der Waals surface area contributed by atoms with Crippen LogP contribution in [0.25, 0.3) is 11.1 Å². The van der Waals surface area contributed by atoms with E-state index in [0.717, 1.165) is 0 Å². The van der Waals surface area contributed by atoms with Gasteiger partial charge in [-0.15, -0.1) is 11.3 Å². The number of aromatic nitrogens is 1. The number of oxazole rings is 1. The van der Waals surface area contributed by atoms with Gasteiger partial charge < -0.3 is 15.1 Å². The minimum absolute atomic E-state index is 0.213. The Bertz CT molecular complexity index is 1270. The number of amides is 2. The van der Waals surface area contributed by atoms with Crippen molar-refractivity contribution in [1.82, 2.24) is 4.98 Å². The molecular weight excluding hydrogens is 434 g/mol. The topological polar surface area (TPSA) is 84.2 Å². The van der Waals surface area contributed by atoms with Gasteiger partial charge >= 0.3 is 0 Å². The normalized spacial score (nSPS) is 11.5.